The van der Waals surface area contributed by atoms with E-state index in [4.69, 9.17) is 9.47 Å². The van der Waals surface area contributed by atoms with Crippen molar-refractivity contribution >= 4 is 29.1 Å². The van der Waals surface area contributed by atoms with E-state index in [1.807, 2.05) is 17.5 Å². The van der Waals surface area contributed by atoms with Crippen LogP contribution in [0.5, 0.6) is 0 Å². The van der Waals surface area contributed by atoms with E-state index in [-0.39, 0.29) is 30.7 Å². The minimum absolute atomic E-state index is 0.0222. The lowest BCUT2D eigenvalue weighted by atomic mass is 10.1. The molecule has 8 nitrogen and oxygen atoms in total. The Balaban J connectivity index is 2.06. The molecule has 1 saturated heterocycles. The van der Waals surface area contributed by atoms with Crippen molar-refractivity contribution in [3.63, 3.8) is 0 Å². The van der Waals surface area contributed by atoms with E-state index in [2.05, 4.69) is 5.32 Å². The fraction of sp³-hybridized carbons (Fsp3) is 0.611. The number of methoxy groups -OCH3 is 2. The molecule has 1 aliphatic rings. The summed E-state index contributed by atoms with van der Waals surface area (Å²) >= 11 is 1.61. The van der Waals surface area contributed by atoms with E-state index in [0.717, 1.165) is 4.88 Å². The first-order chi connectivity index (χ1) is 13.1. The van der Waals surface area contributed by atoms with Gasteiger partial charge in [0.2, 0.25) is 17.7 Å². The number of hydrogen-bond donors (Lipinski definition) is 1. The van der Waals surface area contributed by atoms with Crippen LogP contribution in [0.15, 0.2) is 17.5 Å². The molecule has 1 aromatic heterocycles. The average Bonchev–Trinajstić information content (AvgIpc) is 3.16. The zero-order chi connectivity index (χ0) is 19.6. The molecule has 150 valence electrons. The average molecular weight is 397 g/mol. The van der Waals surface area contributed by atoms with Crippen LogP contribution in [0.3, 0.4) is 0 Å². The summed E-state index contributed by atoms with van der Waals surface area (Å²) < 4.78 is 9.94. The SMILES string of the molecule is COCCNC(=O)CC1C(=O)N(CCOC)CC(=O)N1CCc1cccs1. The summed E-state index contributed by atoms with van der Waals surface area (Å²) in [5, 5.41) is 4.70. The van der Waals surface area contributed by atoms with Gasteiger partial charge in [-0.25, -0.2) is 0 Å². The maximum atomic E-state index is 12.9. The summed E-state index contributed by atoms with van der Waals surface area (Å²) in [7, 11) is 3.10. The maximum absolute atomic E-state index is 12.9. The molecule has 3 amide bonds. The van der Waals surface area contributed by atoms with Crippen molar-refractivity contribution in [1.82, 2.24) is 15.1 Å². The van der Waals surface area contributed by atoms with Gasteiger partial charge in [0, 0.05) is 38.7 Å². The van der Waals surface area contributed by atoms with Crippen LogP contribution in [-0.2, 0) is 30.3 Å². The van der Waals surface area contributed by atoms with Gasteiger partial charge in [-0.1, -0.05) is 6.07 Å². The lowest BCUT2D eigenvalue weighted by Crippen LogP contribution is -2.61. The molecule has 1 unspecified atom stereocenters. The monoisotopic (exact) mass is 397 g/mol. The molecule has 0 aromatic carbocycles. The van der Waals surface area contributed by atoms with Crippen LogP contribution in [0.4, 0.5) is 0 Å². The number of carbonyl (C=O) groups excluding carboxylic acids is 3. The Kier molecular flexibility index (Phi) is 8.70. The second-order valence-corrected chi connectivity index (χ2v) is 7.26. The lowest BCUT2D eigenvalue weighted by molar-refractivity contribution is -0.157. The van der Waals surface area contributed by atoms with Gasteiger partial charge in [0.1, 0.15) is 6.04 Å². The van der Waals surface area contributed by atoms with Crippen molar-refractivity contribution in [2.75, 3.05) is 53.6 Å². The Morgan fingerprint density at radius 3 is 2.70 bits per heavy atom. The summed E-state index contributed by atoms with van der Waals surface area (Å²) in [4.78, 5) is 42.0. The molecule has 1 aliphatic heterocycles. The summed E-state index contributed by atoms with van der Waals surface area (Å²) in [5.41, 5.74) is 0. The third-order valence-electron chi connectivity index (χ3n) is 4.37. The Morgan fingerprint density at radius 1 is 1.26 bits per heavy atom. The van der Waals surface area contributed by atoms with E-state index in [1.54, 1.807) is 30.5 Å². The standard InChI is InChI=1S/C18H27N3O5S/c1-25-9-6-19-16(22)12-15-18(24)20(8-10-26-2)13-17(23)21(15)7-5-14-4-3-11-27-14/h3-4,11,15H,5-10,12-13H2,1-2H3,(H,19,22). The smallest absolute Gasteiger partial charge is 0.246 e. The predicted molar refractivity (Wildman–Crippen MR) is 101 cm³/mol. The third-order valence-corrected chi connectivity index (χ3v) is 5.31. The number of nitrogens with zero attached hydrogens (tertiary/aromatic N) is 2. The molecule has 2 heterocycles. The fourth-order valence-corrected chi connectivity index (χ4v) is 3.64. The molecule has 1 fully saturated rings. The number of thiophene rings is 1. The van der Waals surface area contributed by atoms with Gasteiger partial charge in [-0.15, -0.1) is 11.3 Å². The molecule has 1 atom stereocenters. The summed E-state index contributed by atoms with van der Waals surface area (Å²) in [6.45, 7) is 1.88. The number of amides is 3. The molecule has 0 aliphatic carbocycles. The second-order valence-electron chi connectivity index (χ2n) is 6.23. The zero-order valence-electron chi connectivity index (χ0n) is 15.8. The van der Waals surface area contributed by atoms with Crippen molar-refractivity contribution in [2.45, 2.75) is 18.9 Å². The van der Waals surface area contributed by atoms with Crippen LogP contribution >= 0.6 is 11.3 Å². The maximum Gasteiger partial charge on any atom is 0.246 e. The van der Waals surface area contributed by atoms with Crippen LogP contribution < -0.4 is 5.32 Å². The molecule has 1 N–H and O–H groups in total. The molecule has 0 bridgehead atoms. The Morgan fingerprint density at radius 2 is 2.04 bits per heavy atom. The van der Waals surface area contributed by atoms with Gasteiger partial charge in [0.15, 0.2) is 0 Å². The highest BCUT2D eigenvalue weighted by Crippen LogP contribution is 2.18. The molecule has 1 aromatic rings. The van der Waals surface area contributed by atoms with Gasteiger partial charge < -0.3 is 24.6 Å². The first-order valence-electron chi connectivity index (χ1n) is 8.92. The highest BCUT2D eigenvalue weighted by molar-refractivity contribution is 7.09. The van der Waals surface area contributed by atoms with Gasteiger partial charge >= 0.3 is 0 Å². The van der Waals surface area contributed by atoms with Gasteiger partial charge in [-0.05, 0) is 17.9 Å². The van der Waals surface area contributed by atoms with Crippen LogP contribution in [0, 0.1) is 0 Å². The van der Waals surface area contributed by atoms with E-state index >= 15 is 0 Å². The Labute approximate surface area is 163 Å². The minimum Gasteiger partial charge on any atom is -0.383 e. The molecule has 0 radical (unpaired) electrons. The molecular formula is C18H27N3O5S. The van der Waals surface area contributed by atoms with E-state index in [1.165, 1.54) is 4.90 Å². The number of ether oxygens (including phenoxy) is 2. The number of piperazine rings is 1. The van der Waals surface area contributed by atoms with Crippen molar-refractivity contribution < 1.29 is 23.9 Å². The largest absolute Gasteiger partial charge is 0.383 e. The van der Waals surface area contributed by atoms with Crippen molar-refractivity contribution in [3.8, 4) is 0 Å². The number of rotatable bonds is 11. The Hall–Kier alpha value is -1.97. The van der Waals surface area contributed by atoms with Crippen LogP contribution in [0.25, 0.3) is 0 Å². The summed E-state index contributed by atoms with van der Waals surface area (Å²) in [6.07, 6.45) is 0.610. The van der Waals surface area contributed by atoms with E-state index in [9.17, 15) is 14.4 Å². The molecule has 0 saturated carbocycles. The van der Waals surface area contributed by atoms with E-state index in [0.29, 0.717) is 39.3 Å². The highest BCUT2D eigenvalue weighted by Gasteiger charge is 2.39. The molecule has 27 heavy (non-hydrogen) atoms. The zero-order valence-corrected chi connectivity index (χ0v) is 16.6. The van der Waals surface area contributed by atoms with Gasteiger partial charge in [0.05, 0.1) is 26.2 Å². The summed E-state index contributed by atoms with van der Waals surface area (Å²) in [5.74, 6) is -0.621. The summed E-state index contributed by atoms with van der Waals surface area (Å²) in [6, 6.07) is 3.17. The molecule has 2 rings (SSSR count). The lowest BCUT2D eigenvalue weighted by Gasteiger charge is -2.40. The van der Waals surface area contributed by atoms with Crippen molar-refractivity contribution in [2.24, 2.45) is 0 Å². The van der Waals surface area contributed by atoms with Crippen LogP contribution in [0.2, 0.25) is 0 Å². The van der Waals surface area contributed by atoms with Crippen molar-refractivity contribution in [3.05, 3.63) is 22.4 Å². The van der Waals surface area contributed by atoms with E-state index < -0.39 is 6.04 Å². The van der Waals surface area contributed by atoms with Crippen LogP contribution in [-0.4, -0.2) is 87.2 Å². The first kappa shape index (κ1) is 21.3. The molecule has 9 heteroatoms. The second kappa shape index (κ2) is 11.0. The number of hydrogen-bond acceptors (Lipinski definition) is 6. The number of nitrogens with one attached hydrogen (secondary N) is 1. The van der Waals surface area contributed by atoms with Gasteiger partial charge in [0.25, 0.3) is 0 Å². The normalized spacial score (nSPS) is 17.5. The van der Waals surface area contributed by atoms with Crippen molar-refractivity contribution in [1.29, 1.82) is 0 Å². The first-order valence-corrected chi connectivity index (χ1v) is 9.80. The van der Waals surface area contributed by atoms with Gasteiger partial charge in [-0.2, -0.15) is 0 Å². The minimum atomic E-state index is -0.786. The van der Waals surface area contributed by atoms with Crippen LogP contribution in [0.1, 0.15) is 11.3 Å². The predicted octanol–water partition coefficient (Wildman–Crippen LogP) is 0.129. The highest BCUT2D eigenvalue weighted by atomic mass is 32.1. The molecular weight excluding hydrogens is 370 g/mol. The fourth-order valence-electron chi connectivity index (χ4n) is 2.94. The quantitative estimate of drug-likeness (QED) is 0.536. The van der Waals surface area contributed by atoms with Gasteiger partial charge in [-0.3, -0.25) is 14.4 Å². The topological polar surface area (TPSA) is 88.2 Å². The number of carbonyl (C=O) groups is 3. The third kappa shape index (κ3) is 6.30. The Bertz CT molecular complexity index is 623. The molecule has 0 spiro atoms.